The van der Waals surface area contributed by atoms with Gasteiger partial charge in [0.1, 0.15) is 18.3 Å². The summed E-state index contributed by atoms with van der Waals surface area (Å²) in [5.41, 5.74) is 0.189. The molecule has 0 radical (unpaired) electrons. The van der Waals surface area contributed by atoms with Crippen molar-refractivity contribution in [2.75, 3.05) is 0 Å². The SMILES string of the molecule is CC(C)(C/C=C/c1ccc(Cl)cc1)C(O)(Cn1cncn1)c1ccc(Cl)cc1. The molecular formula is C22H23Cl2N3O. The number of aliphatic hydroxyl groups is 1. The van der Waals surface area contributed by atoms with Crippen LogP contribution in [0.15, 0.2) is 67.3 Å². The van der Waals surface area contributed by atoms with E-state index in [1.165, 1.54) is 6.33 Å². The van der Waals surface area contributed by atoms with Gasteiger partial charge >= 0.3 is 0 Å². The predicted molar refractivity (Wildman–Crippen MR) is 114 cm³/mol. The van der Waals surface area contributed by atoms with Crippen LogP contribution in [0.4, 0.5) is 0 Å². The largest absolute Gasteiger partial charge is 0.383 e. The third-order valence-corrected chi connectivity index (χ3v) is 5.61. The summed E-state index contributed by atoms with van der Waals surface area (Å²) >= 11 is 12.0. The van der Waals surface area contributed by atoms with E-state index in [0.29, 0.717) is 16.5 Å². The van der Waals surface area contributed by atoms with Crippen LogP contribution in [0.3, 0.4) is 0 Å². The smallest absolute Gasteiger partial charge is 0.137 e. The molecule has 146 valence electrons. The predicted octanol–water partition coefficient (Wildman–Crippen LogP) is 5.60. The number of aromatic nitrogens is 3. The van der Waals surface area contributed by atoms with Crippen LogP contribution in [0.5, 0.6) is 0 Å². The van der Waals surface area contributed by atoms with Gasteiger partial charge in [0.2, 0.25) is 0 Å². The summed E-state index contributed by atoms with van der Waals surface area (Å²) in [5.74, 6) is 0. The fourth-order valence-electron chi connectivity index (χ4n) is 3.20. The number of hydrogen-bond donors (Lipinski definition) is 1. The van der Waals surface area contributed by atoms with Crippen molar-refractivity contribution in [3.8, 4) is 0 Å². The van der Waals surface area contributed by atoms with Gasteiger partial charge in [-0.2, -0.15) is 5.10 Å². The molecule has 4 nitrogen and oxygen atoms in total. The van der Waals surface area contributed by atoms with E-state index in [0.717, 1.165) is 11.1 Å². The second-order valence-electron chi connectivity index (χ2n) is 7.50. The molecule has 0 fully saturated rings. The lowest BCUT2D eigenvalue weighted by Gasteiger charge is -2.42. The number of allylic oxidation sites excluding steroid dienone is 1. The molecule has 6 heteroatoms. The van der Waals surface area contributed by atoms with E-state index in [4.69, 9.17) is 23.2 Å². The van der Waals surface area contributed by atoms with E-state index in [-0.39, 0.29) is 6.54 Å². The van der Waals surface area contributed by atoms with Crippen molar-refractivity contribution < 1.29 is 5.11 Å². The van der Waals surface area contributed by atoms with Crippen LogP contribution in [0.25, 0.3) is 6.08 Å². The Kier molecular flexibility index (Phi) is 6.23. The quantitative estimate of drug-likeness (QED) is 0.545. The highest BCUT2D eigenvalue weighted by Crippen LogP contribution is 2.44. The number of hydrogen-bond acceptors (Lipinski definition) is 3. The van der Waals surface area contributed by atoms with Gasteiger partial charge in [0.05, 0.1) is 6.54 Å². The van der Waals surface area contributed by atoms with E-state index >= 15 is 0 Å². The van der Waals surface area contributed by atoms with Crippen molar-refractivity contribution in [2.45, 2.75) is 32.4 Å². The van der Waals surface area contributed by atoms with Crippen LogP contribution < -0.4 is 0 Å². The van der Waals surface area contributed by atoms with E-state index < -0.39 is 11.0 Å². The van der Waals surface area contributed by atoms with Crippen LogP contribution in [-0.2, 0) is 12.1 Å². The fraction of sp³-hybridized carbons (Fsp3) is 0.273. The van der Waals surface area contributed by atoms with E-state index in [1.807, 2.05) is 56.3 Å². The highest BCUT2D eigenvalue weighted by atomic mass is 35.5. The average molecular weight is 416 g/mol. The maximum atomic E-state index is 11.8. The molecule has 0 aliphatic rings. The minimum Gasteiger partial charge on any atom is -0.383 e. The Bertz CT molecular complexity index is 919. The number of halogens is 2. The summed E-state index contributed by atoms with van der Waals surface area (Å²) in [7, 11) is 0. The lowest BCUT2D eigenvalue weighted by molar-refractivity contribution is -0.0881. The maximum Gasteiger partial charge on any atom is 0.137 e. The Morgan fingerprint density at radius 1 is 1.00 bits per heavy atom. The molecule has 0 amide bonds. The van der Waals surface area contributed by atoms with Gasteiger partial charge < -0.3 is 5.11 Å². The molecule has 0 aliphatic heterocycles. The Morgan fingerprint density at radius 3 is 2.18 bits per heavy atom. The van der Waals surface area contributed by atoms with Crippen molar-refractivity contribution in [3.05, 3.63) is 88.4 Å². The maximum absolute atomic E-state index is 11.8. The molecule has 0 bridgehead atoms. The topological polar surface area (TPSA) is 50.9 Å². The Hall–Kier alpha value is -2.14. The third-order valence-electron chi connectivity index (χ3n) is 5.11. The zero-order chi connectivity index (χ0) is 20.2. The Labute approximate surface area is 175 Å². The van der Waals surface area contributed by atoms with E-state index in [9.17, 15) is 5.11 Å². The van der Waals surface area contributed by atoms with Crippen LogP contribution in [-0.4, -0.2) is 19.9 Å². The van der Waals surface area contributed by atoms with Crippen molar-refractivity contribution in [1.29, 1.82) is 0 Å². The molecule has 1 N–H and O–H groups in total. The highest BCUT2D eigenvalue weighted by Gasteiger charge is 2.44. The number of rotatable bonds is 7. The van der Waals surface area contributed by atoms with E-state index in [1.54, 1.807) is 23.1 Å². The molecule has 2 aromatic carbocycles. The van der Waals surface area contributed by atoms with Gasteiger partial charge in [-0.05, 0) is 41.8 Å². The third kappa shape index (κ3) is 4.64. The summed E-state index contributed by atoms with van der Waals surface area (Å²) in [5, 5.41) is 17.3. The molecule has 0 saturated carbocycles. The van der Waals surface area contributed by atoms with Gasteiger partial charge in [-0.15, -0.1) is 0 Å². The van der Waals surface area contributed by atoms with Gasteiger partial charge in [0.15, 0.2) is 0 Å². The van der Waals surface area contributed by atoms with E-state index in [2.05, 4.69) is 16.2 Å². The van der Waals surface area contributed by atoms with Gasteiger partial charge in [-0.25, -0.2) is 9.67 Å². The molecule has 0 saturated heterocycles. The fourth-order valence-corrected chi connectivity index (χ4v) is 3.45. The van der Waals surface area contributed by atoms with Crippen LogP contribution >= 0.6 is 23.2 Å². The van der Waals surface area contributed by atoms with Crippen LogP contribution in [0.1, 0.15) is 31.4 Å². The monoisotopic (exact) mass is 415 g/mol. The number of nitrogens with zero attached hydrogens (tertiary/aromatic N) is 3. The summed E-state index contributed by atoms with van der Waals surface area (Å²) in [6.07, 6.45) is 7.85. The number of benzene rings is 2. The minimum atomic E-state index is -1.17. The first kappa shape index (κ1) is 20.6. The second kappa shape index (κ2) is 8.48. The van der Waals surface area contributed by atoms with Crippen molar-refractivity contribution in [1.82, 2.24) is 14.8 Å². The zero-order valence-electron chi connectivity index (χ0n) is 15.9. The first-order chi connectivity index (χ1) is 13.3. The van der Waals surface area contributed by atoms with Crippen molar-refractivity contribution in [2.24, 2.45) is 5.41 Å². The first-order valence-corrected chi connectivity index (χ1v) is 9.79. The van der Waals surface area contributed by atoms with Crippen LogP contribution in [0.2, 0.25) is 10.0 Å². The Morgan fingerprint density at radius 2 is 1.61 bits per heavy atom. The lowest BCUT2D eigenvalue weighted by Crippen LogP contribution is -2.45. The highest BCUT2D eigenvalue weighted by molar-refractivity contribution is 6.30. The summed E-state index contributed by atoms with van der Waals surface area (Å²) in [4.78, 5) is 4.00. The van der Waals surface area contributed by atoms with Crippen molar-refractivity contribution in [3.63, 3.8) is 0 Å². The lowest BCUT2D eigenvalue weighted by atomic mass is 9.68. The van der Waals surface area contributed by atoms with Gasteiger partial charge in [-0.3, -0.25) is 0 Å². The molecule has 1 aromatic heterocycles. The molecule has 28 heavy (non-hydrogen) atoms. The average Bonchev–Trinajstić information content (AvgIpc) is 3.16. The molecule has 0 spiro atoms. The summed E-state index contributed by atoms with van der Waals surface area (Å²) < 4.78 is 1.65. The molecular weight excluding hydrogens is 393 g/mol. The Balaban J connectivity index is 1.88. The van der Waals surface area contributed by atoms with Crippen LogP contribution in [0, 0.1) is 5.41 Å². The summed E-state index contributed by atoms with van der Waals surface area (Å²) in [6.45, 7) is 4.38. The van der Waals surface area contributed by atoms with Gasteiger partial charge in [0.25, 0.3) is 0 Å². The van der Waals surface area contributed by atoms with Gasteiger partial charge in [-0.1, -0.05) is 73.5 Å². The van der Waals surface area contributed by atoms with Gasteiger partial charge in [0, 0.05) is 15.5 Å². The molecule has 3 rings (SSSR count). The molecule has 1 heterocycles. The first-order valence-electron chi connectivity index (χ1n) is 9.03. The molecule has 1 atom stereocenters. The molecule has 3 aromatic rings. The molecule has 0 aliphatic carbocycles. The molecule has 1 unspecified atom stereocenters. The van der Waals surface area contributed by atoms with Crippen molar-refractivity contribution >= 4 is 29.3 Å². The minimum absolute atomic E-state index is 0.288. The normalized spacial score (nSPS) is 14.3. The standard InChI is InChI=1S/C22H23Cl2N3O/c1-21(2,13-3-4-17-5-9-19(23)10-6-17)22(28,14-27-16-25-15-26-27)18-7-11-20(24)12-8-18/h3-12,15-16,28H,13-14H2,1-2H3/b4-3+. The second-order valence-corrected chi connectivity index (χ2v) is 8.38. The summed E-state index contributed by atoms with van der Waals surface area (Å²) in [6, 6.07) is 15.0. The zero-order valence-corrected chi connectivity index (χ0v) is 17.4.